The lowest BCUT2D eigenvalue weighted by Gasteiger charge is -2.47. The Morgan fingerprint density at radius 3 is 2.76 bits per heavy atom. The highest BCUT2D eigenvalue weighted by Crippen LogP contribution is 2.45. The number of carbonyl (C=O) groups excluding carboxylic acids is 1. The molecule has 2 N–H and O–H groups in total. The van der Waals surface area contributed by atoms with Crippen molar-refractivity contribution in [2.24, 2.45) is 23.0 Å². The summed E-state index contributed by atoms with van der Waals surface area (Å²) in [5.41, 5.74) is 6.15. The maximum absolute atomic E-state index is 12.9. The van der Waals surface area contributed by atoms with Crippen LogP contribution in [0.25, 0.3) is 0 Å². The zero-order chi connectivity index (χ0) is 15.8. The van der Waals surface area contributed by atoms with Crippen LogP contribution in [0.3, 0.4) is 0 Å². The molecule has 1 aromatic heterocycles. The van der Waals surface area contributed by atoms with Gasteiger partial charge in [0.1, 0.15) is 0 Å². The molecule has 0 aliphatic heterocycles. The van der Waals surface area contributed by atoms with Gasteiger partial charge in [0.05, 0.1) is 6.54 Å². The van der Waals surface area contributed by atoms with Gasteiger partial charge in [-0.05, 0) is 46.2 Å². The zero-order valence-electron chi connectivity index (χ0n) is 13.2. The van der Waals surface area contributed by atoms with Gasteiger partial charge >= 0.3 is 0 Å². The first-order valence-electron chi connectivity index (χ1n) is 7.47. The number of hydrogen-bond acceptors (Lipinski definition) is 3. The Morgan fingerprint density at radius 1 is 1.52 bits per heavy atom. The molecule has 5 heteroatoms. The largest absolute Gasteiger partial charge is 0.340 e. The summed E-state index contributed by atoms with van der Waals surface area (Å²) < 4.78 is 1.08. The average molecular weight is 373 g/mol. The molecule has 1 aromatic rings. The van der Waals surface area contributed by atoms with Gasteiger partial charge in [-0.3, -0.25) is 4.79 Å². The Kier molecular flexibility index (Phi) is 5.16. The second-order valence-electron chi connectivity index (χ2n) is 6.83. The number of nitrogens with two attached hydrogens (primary N) is 1. The first-order valence-corrected chi connectivity index (χ1v) is 9.14. The highest BCUT2D eigenvalue weighted by atomic mass is 79.9. The monoisotopic (exact) mass is 372 g/mol. The van der Waals surface area contributed by atoms with E-state index in [0.29, 0.717) is 12.5 Å². The van der Waals surface area contributed by atoms with E-state index in [1.807, 2.05) is 11.9 Å². The third kappa shape index (κ3) is 3.51. The number of thiophene rings is 1. The van der Waals surface area contributed by atoms with Crippen LogP contribution in [0.15, 0.2) is 15.9 Å². The van der Waals surface area contributed by atoms with E-state index in [1.54, 1.807) is 11.3 Å². The lowest BCUT2D eigenvalue weighted by molar-refractivity contribution is -0.142. The van der Waals surface area contributed by atoms with Gasteiger partial charge in [0.2, 0.25) is 5.91 Å². The van der Waals surface area contributed by atoms with Crippen LogP contribution in [0, 0.1) is 17.3 Å². The third-order valence-corrected chi connectivity index (χ3v) is 6.87. The van der Waals surface area contributed by atoms with Gasteiger partial charge in [0.15, 0.2) is 0 Å². The number of halogens is 1. The molecule has 1 heterocycles. The molecule has 1 fully saturated rings. The van der Waals surface area contributed by atoms with E-state index in [2.05, 4.69) is 48.1 Å². The van der Waals surface area contributed by atoms with Crippen LogP contribution in [-0.2, 0) is 11.3 Å². The van der Waals surface area contributed by atoms with Crippen LogP contribution in [-0.4, -0.2) is 23.9 Å². The minimum atomic E-state index is -0.0426. The molecule has 0 saturated heterocycles. The molecular weight excluding hydrogens is 348 g/mol. The summed E-state index contributed by atoms with van der Waals surface area (Å²) in [7, 11) is 1.91. The normalized spacial score (nSPS) is 28.4. The minimum absolute atomic E-state index is 0.0426. The van der Waals surface area contributed by atoms with Crippen LogP contribution in [0.5, 0.6) is 0 Å². The molecule has 118 valence electrons. The summed E-state index contributed by atoms with van der Waals surface area (Å²) in [6, 6.07) is 2.29. The number of hydrogen-bond donors (Lipinski definition) is 1. The van der Waals surface area contributed by atoms with Crippen molar-refractivity contribution < 1.29 is 4.79 Å². The number of carbonyl (C=O) groups is 1. The third-order valence-electron chi connectivity index (χ3n) is 5.19. The van der Waals surface area contributed by atoms with E-state index in [9.17, 15) is 4.79 Å². The fraction of sp³-hybridized carbons (Fsp3) is 0.688. The standard InChI is InChI=1S/C16H25BrN2OS/c1-10-14(18)6-5-13(16(10,2)3)15(20)19(4)8-12-7-11(17)9-21-12/h7,9-10,13-14H,5-6,8,18H2,1-4H3. The van der Waals surface area contributed by atoms with E-state index >= 15 is 0 Å². The molecule has 0 spiro atoms. The highest BCUT2D eigenvalue weighted by Gasteiger charge is 2.45. The fourth-order valence-corrected chi connectivity index (χ4v) is 4.81. The molecule has 1 amide bonds. The molecule has 2 rings (SSSR count). The van der Waals surface area contributed by atoms with Crippen LogP contribution < -0.4 is 5.73 Å². The lowest BCUT2D eigenvalue weighted by Crippen LogP contribution is -2.51. The van der Waals surface area contributed by atoms with Gasteiger partial charge < -0.3 is 10.6 Å². The van der Waals surface area contributed by atoms with Crippen molar-refractivity contribution in [3.8, 4) is 0 Å². The van der Waals surface area contributed by atoms with Crippen molar-refractivity contribution >= 4 is 33.2 Å². The summed E-state index contributed by atoms with van der Waals surface area (Å²) >= 11 is 5.14. The van der Waals surface area contributed by atoms with Crippen molar-refractivity contribution in [2.75, 3.05) is 7.05 Å². The molecule has 1 aliphatic carbocycles. The molecule has 1 saturated carbocycles. The average Bonchev–Trinajstić information content (AvgIpc) is 2.81. The molecule has 3 nitrogen and oxygen atoms in total. The quantitative estimate of drug-likeness (QED) is 0.874. The molecule has 0 radical (unpaired) electrons. The van der Waals surface area contributed by atoms with E-state index in [1.165, 1.54) is 4.88 Å². The predicted octanol–water partition coefficient (Wildman–Crippen LogP) is 3.87. The summed E-state index contributed by atoms with van der Waals surface area (Å²) in [4.78, 5) is 15.9. The topological polar surface area (TPSA) is 46.3 Å². The summed E-state index contributed by atoms with van der Waals surface area (Å²) in [6.07, 6.45) is 1.84. The Morgan fingerprint density at radius 2 is 2.19 bits per heavy atom. The summed E-state index contributed by atoms with van der Waals surface area (Å²) in [6.45, 7) is 7.24. The van der Waals surface area contributed by atoms with Gasteiger partial charge in [-0.1, -0.05) is 20.8 Å². The molecule has 3 unspecified atom stereocenters. The van der Waals surface area contributed by atoms with E-state index in [0.717, 1.165) is 17.3 Å². The van der Waals surface area contributed by atoms with Crippen LogP contribution >= 0.6 is 27.3 Å². The van der Waals surface area contributed by atoms with Gasteiger partial charge in [-0.2, -0.15) is 0 Å². The minimum Gasteiger partial charge on any atom is -0.340 e. The maximum atomic E-state index is 12.9. The Labute approximate surface area is 140 Å². The smallest absolute Gasteiger partial charge is 0.226 e. The van der Waals surface area contributed by atoms with Crippen LogP contribution in [0.1, 0.15) is 38.5 Å². The Bertz CT molecular complexity index is 514. The first-order chi connectivity index (χ1) is 9.73. The van der Waals surface area contributed by atoms with Gasteiger partial charge in [0.25, 0.3) is 0 Å². The molecule has 3 atom stereocenters. The Balaban J connectivity index is 2.08. The van der Waals surface area contributed by atoms with Gasteiger partial charge in [-0.25, -0.2) is 0 Å². The number of nitrogens with zero attached hydrogens (tertiary/aromatic N) is 1. The molecule has 0 bridgehead atoms. The Hall–Kier alpha value is -0.390. The van der Waals surface area contributed by atoms with Crippen molar-refractivity contribution in [2.45, 2.75) is 46.2 Å². The molecular formula is C16H25BrN2OS. The molecule has 0 aromatic carbocycles. The summed E-state index contributed by atoms with van der Waals surface area (Å²) in [5.74, 6) is 0.688. The van der Waals surface area contributed by atoms with Gasteiger partial charge in [0, 0.05) is 33.7 Å². The fourth-order valence-electron chi connectivity index (χ4n) is 3.31. The number of amides is 1. The highest BCUT2D eigenvalue weighted by molar-refractivity contribution is 9.10. The predicted molar refractivity (Wildman–Crippen MR) is 92.1 cm³/mol. The van der Waals surface area contributed by atoms with Crippen LogP contribution in [0.4, 0.5) is 0 Å². The second kappa shape index (κ2) is 6.39. The first kappa shape index (κ1) is 17.0. The maximum Gasteiger partial charge on any atom is 0.226 e. The van der Waals surface area contributed by atoms with E-state index < -0.39 is 0 Å². The lowest BCUT2D eigenvalue weighted by atomic mass is 9.61. The number of rotatable bonds is 3. The van der Waals surface area contributed by atoms with Crippen molar-refractivity contribution in [3.63, 3.8) is 0 Å². The summed E-state index contributed by atoms with van der Waals surface area (Å²) in [5, 5.41) is 2.05. The van der Waals surface area contributed by atoms with Crippen LogP contribution in [0.2, 0.25) is 0 Å². The molecule has 21 heavy (non-hydrogen) atoms. The SMILES string of the molecule is CC1C(N)CCC(C(=O)N(C)Cc2cc(Br)cs2)C1(C)C. The van der Waals surface area contributed by atoms with Gasteiger partial charge in [-0.15, -0.1) is 11.3 Å². The zero-order valence-corrected chi connectivity index (χ0v) is 15.6. The van der Waals surface area contributed by atoms with Crippen molar-refractivity contribution in [3.05, 3.63) is 20.8 Å². The molecule has 1 aliphatic rings. The second-order valence-corrected chi connectivity index (χ2v) is 8.74. The van der Waals surface area contributed by atoms with E-state index in [-0.39, 0.29) is 23.3 Å². The van der Waals surface area contributed by atoms with Crippen molar-refractivity contribution in [1.82, 2.24) is 4.90 Å². The van der Waals surface area contributed by atoms with E-state index in [4.69, 9.17) is 5.73 Å². The van der Waals surface area contributed by atoms with Crippen molar-refractivity contribution in [1.29, 1.82) is 0 Å².